The Kier molecular flexibility index (Phi) is 5.40. The molecule has 1 aromatic heterocycles. The van der Waals surface area contributed by atoms with E-state index in [2.05, 4.69) is 22.3 Å². The molecule has 1 aromatic carbocycles. The van der Waals surface area contributed by atoms with E-state index in [0.717, 1.165) is 35.4 Å². The van der Waals surface area contributed by atoms with Crippen molar-refractivity contribution in [3.05, 3.63) is 29.0 Å². The molecule has 1 unspecified atom stereocenters. The van der Waals surface area contributed by atoms with E-state index in [1.165, 1.54) is 0 Å². The lowest BCUT2D eigenvalue weighted by atomic mass is 9.85. The molecule has 154 valence electrons. The van der Waals surface area contributed by atoms with Crippen LogP contribution in [0.3, 0.4) is 0 Å². The van der Waals surface area contributed by atoms with Gasteiger partial charge in [0.1, 0.15) is 6.04 Å². The Morgan fingerprint density at radius 3 is 2.52 bits per heavy atom. The van der Waals surface area contributed by atoms with Crippen molar-refractivity contribution in [3.63, 3.8) is 0 Å². The molecular weight excluding hydrogens is 392 g/mol. The van der Waals surface area contributed by atoms with Crippen molar-refractivity contribution in [1.82, 2.24) is 14.8 Å². The summed E-state index contributed by atoms with van der Waals surface area (Å²) >= 11 is 1.57. The number of Topliss-reactive ketones (excluding diaryl/α,β-unsaturated/α-hetero) is 1. The highest BCUT2D eigenvalue weighted by atomic mass is 32.2. The topological polar surface area (TPSA) is 87.5 Å². The molecule has 0 fully saturated rings. The number of carbonyl (C=O) groups is 1. The first kappa shape index (κ1) is 19.6. The normalized spacial score (nSPS) is 18.1. The number of nitrogens with one attached hydrogen (secondary N) is 1. The predicted molar refractivity (Wildman–Crippen MR) is 110 cm³/mol. The van der Waals surface area contributed by atoms with Gasteiger partial charge in [-0.25, -0.2) is 4.68 Å². The fraction of sp³-hybridized carbons (Fsp3) is 0.450. The molecule has 0 radical (unpaired) electrons. The minimum Gasteiger partial charge on any atom is -0.493 e. The van der Waals surface area contributed by atoms with E-state index in [1.807, 2.05) is 12.1 Å². The largest absolute Gasteiger partial charge is 0.493 e. The Bertz CT molecular complexity index is 960. The Morgan fingerprint density at radius 1 is 1.17 bits per heavy atom. The van der Waals surface area contributed by atoms with E-state index in [0.29, 0.717) is 34.8 Å². The molecule has 4 rings (SSSR count). The number of aromatic nitrogens is 3. The fourth-order valence-corrected chi connectivity index (χ4v) is 4.45. The summed E-state index contributed by atoms with van der Waals surface area (Å²) in [6.07, 6.45) is 2.17. The van der Waals surface area contributed by atoms with Crippen molar-refractivity contribution in [2.75, 3.05) is 32.4 Å². The average Bonchev–Trinajstić information content (AvgIpc) is 3.13. The number of benzene rings is 1. The SMILES string of the molecule is CCSc1nc2n(n1)C(c1cc(OC)c(OC)c(OC)c1)C1=C(CCCC1=O)N2. The van der Waals surface area contributed by atoms with Crippen molar-refractivity contribution in [2.24, 2.45) is 0 Å². The summed E-state index contributed by atoms with van der Waals surface area (Å²) in [5.74, 6) is 3.23. The number of methoxy groups -OCH3 is 3. The first-order valence-corrected chi connectivity index (χ1v) is 10.5. The van der Waals surface area contributed by atoms with Crippen LogP contribution >= 0.6 is 11.8 Å². The van der Waals surface area contributed by atoms with Gasteiger partial charge in [0.25, 0.3) is 0 Å². The minimum atomic E-state index is -0.401. The summed E-state index contributed by atoms with van der Waals surface area (Å²) in [5, 5.41) is 8.70. The lowest BCUT2D eigenvalue weighted by Crippen LogP contribution is -2.31. The van der Waals surface area contributed by atoms with Crippen molar-refractivity contribution in [3.8, 4) is 17.2 Å². The van der Waals surface area contributed by atoms with Crippen LogP contribution in [0.1, 0.15) is 37.8 Å². The number of rotatable bonds is 6. The highest BCUT2D eigenvalue weighted by Gasteiger charge is 2.37. The number of allylic oxidation sites excluding steroid dienone is 2. The number of carbonyl (C=O) groups excluding carboxylic acids is 1. The monoisotopic (exact) mass is 416 g/mol. The van der Waals surface area contributed by atoms with Gasteiger partial charge in [-0.15, -0.1) is 5.10 Å². The summed E-state index contributed by atoms with van der Waals surface area (Å²) in [7, 11) is 4.73. The number of hydrogen-bond donors (Lipinski definition) is 1. The van der Waals surface area contributed by atoms with Crippen LogP contribution in [0.25, 0.3) is 0 Å². The standard InChI is InChI=1S/C20H24N4O4S/c1-5-29-20-22-19-21-12-7-6-8-13(25)16(12)17(24(19)23-20)11-9-14(26-2)18(28-4)15(10-11)27-3/h9-10,17H,5-8H2,1-4H3,(H,21,22,23). The zero-order valence-electron chi connectivity index (χ0n) is 16.9. The number of nitrogens with zero attached hydrogens (tertiary/aromatic N) is 3. The zero-order valence-corrected chi connectivity index (χ0v) is 17.8. The second kappa shape index (κ2) is 7.98. The summed E-state index contributed by atoms with van der Waals surface area (Å²) in [6.45, 7) is 2.06. The van der Waals surface area contributed by atoms with Gasteiger partial charge in [0.2, 0.25) is 16.9 Å². The fourth-order valence-electron chi connectivity index (χ4n) is 3.89. The molecule has 1 aliphatic heterocycles. The van der Waals surface area contributed by atoms with E-state index in [9.17, 15) is 4.79 Å². The quantitative estimate of drug-likeness (QED) is 0.717. The Balaban J connectivity index is 1.92. The molecule has 0 saturated carbocycles. The van der Waals surface area contributed by atoms with Crippen LogP contribution in [-0.2, 0) is 4.79 Å². The van der Waals surface area contributed by atoms with Crippen LogP contribution in [0, 0.1) is 0 Å². The van der Waals surface area contributed by atoms with Crippen LogP contribution in [0.4, 0.5) is 5.95 Å². The van der Waals surface area contributed by atoms with Gasteiger partial charge in [-0.05, 0) is 36.3 Å². The van der Waals surface area contributed by atoms with E-state index >= 15 is 0 Å². The van der Waals surface area contributed by atoms with Gasteiger partial charge in [-0.3, -0.25) is 4.79 Å². The van der Waals surface area contributed by atoms with Crippen LogP contribution in [0.2, 0.25) is 0 Å². The molecule has 29 heavy (non-hydrogen) atoms. The van der Waals surface area contributed by atoms with Crippen molar-refractivity contribution < 1.29 is 19.0 Å². The first-order valence-electron chi connectivity index (χ1n) is 9.53. The molecular formula is C20H24N4O4S. The summed E-state index contributed by atoms with van der Waals surface area (Å²) in [5.41, 5.74) is 2.49. The summed E-state index contributed by atoms with van der Waals surface area (Å²) in [4.78, 5) is 17.6. The zero-order chi connectivity index (χ0) is 20.5. The highest BCUT2D eigenvalue weighted by molar-refractivity contribution is 7.99. The highest BCUT2D eigenvalue weighted by Crippen LogP contribution is 2.45. The summed E-state index contributed by atoms with van der Waals surface area (Å²) in [6, 6.07) is 3.35. The predicted octanol–water partition coefficient (Wildman–Crippen LogP) is 3.44. The van der Waals surface area contributed by atoms with E-state index in [1.54, 1.807) is 37.8 Å². The molecule has 2 aliphatic rings. The van der Waals surface area contributed by atoms with Crippen molar-refractivity contribution in [1.29, 1.82) is 0 Å². The molecule has 1 aliphatic carbocycles. The third-order valence-corrected chi connectivity index (χ3v) is 5.84. The third-order valence-electron chi connectivity index (χ3n) is 5.12. The average molecular weight is 417 g/mol. The maximum absolute atomic E-state index is 12.9. The Hall–Kier alpha value is -2.68. The van der Waals surface area contributed by atoms with Gasteiger partial charge in [-0.2, -0.15) is 4.98 Å². The molecule has 1 atom stereocenters. The molecule has 1 N–H and O–H groups in total. The van der Waals surface area contributed by atoms with Crippen LogP contribution < -0.4 is 19.5 Å². The summed E-state index contributed by atoms with van der Waals surface area (Å²) < 4.78 is 18.3. The molecule has 0 bridgehead atoms. The first-order chi connectivity index (χ1) is 14.1. The van der Waals surface area contributed by atoms with Gasteiger partial charge < -0.3 is 19.5 Å². The van der Waals surface area contributed by atoms with Gasteiger partial charge >= 0.3 is 0 Å². The second-order valence-electron chi connectivity index (χ2n) is 6.75. The van der Waals surface area contributed by atoms with E-state index in [4.69, 9.17) is 14.2 Å². The lowest BCUT2D eigenvalue weighted by molar-refractivity contribution is -0.116. The molecule has 0 amide bonds. The maximum Gasteiger partial charge on any atom is 0.227 e. The van der Waals surface area contributed by atoms with Gasteiger partial charge in [-0.1, -0.05) is 18.7 Å². The Labute approximate surface area is 173 Å². The molecule has 0 spiro atoms. The van der Waals surface area contributed by atoms with Crippen LogP contribution in [-0.4, -0.2) is 47.6 Å². The smallest absolute Gasteiger partial charge is 0.227 e. The van der Waals surface area contributed by atoms with Gasteiger partial charge in [0, 0.05) is 17.7 Å². The van der Waals surface area contributed by atoms with Crippen LogP contribution in [0.5, 0.6) is 17.2 Å². The number of thioether (sulfide) groups is 1. The van der Waals surface area contributed by atoms with Crippen molar-refractivity contribution >= 4 is 23.5 Å². The Morgan fingerprint density at radius 2 is 1.90 bits per heavy atom. The molecule has 2 aromatic rings. The van der Waals surface area contributed by atoms with Crippen molar-refractivity contribution in [2.45, 2.75) is 37.4 Å². The number of fused-ring (bicyclic) bond motifs is 1. The van der Waals surface area contributed by atoms with Crippen LogP contribution in [0.15, 0.2) is 28.6 Å². The molecule has 2 heterocycles. The maximum atomic E-state index is 12.9. The number of anilines is 1. The van der Waals surface area contributed by atoms with E-state index < -0.39 is 6.04 Å². The molecule has 9 heteroatoms. The van der Waals surface area contributed by atoms with E-state index in [-0.39, 0.29) is 5.78 Å². The lowest BCUT2D eigenvalue weighted by Gasteiger charge is -2.32. The number of hydrogen-bond acceptors (Lipinski definition) is 8. The molecule has 0 saturated heterocycles. The van der Waals surface area contributed by atoms with Gasteiger partial charge in [0.05, 0.1) is 21.3 Å². The van der Waals surface area contributed by atoms with Gasteiger partial charge in [0.15, 0.2) is 17.3 Å². The second-order valence-corrected chi connectivity index (χ2v) is 7.98. The number of ketones is 1. The third kappa shape index (κ3) is 3.33. The number of ether oxygens (including phenoxy) is 3. The minimum absolute atomic E-state index is 0.128. The molecule has 8 nitrogen and oxygen atoms in total.